The zero-order chi connectivity index (χ0) is 22.8. The lowest BCUT2D eigenvalue weighted by atomic mass is 10.0. The van der Waals surface area contributed by atoms with Gasteiger partial charge in [0, 0.05) is 11.6 Å². The van der Waals surface area contributed by atoms with E-state index in [0.29, 0.717) is 17.9 Å². The number of rotatable bonds is 7. The van der Waals surface area contributed by atoms with Gasteiger partial charge in [-0.2, -0.15) is 13.2 Å². The maximum absolute atomic E-state index is 13.0. The van der Waals surface area contributed by atoms with Crippen LogP contribution in [0.3, 0.4) is 0 Å². The quantitative estimate of drug-likeness (QED) is 0.621. The van der Waals surface area contributed by atoms with Gasteiger partial charge in [0.2, 0.25) is 5.91 Å². The fourth-order valence-electron chi connectivity index (χ4n) is 3.06. The summed E-state index contributed by atoms with van der Waals surface area (Å²) in [6.07, 6.45) is -5.46. The van der Waals surface area contributed by atoms with Crippen LogP contribution < -0.4 is 14.8 Å². The second kappa shape index (κ2) is 9.19. The van der Waals surface area contributed by atoms with Crippen molar-refractivity contribution in [2.24, 2.45) is 0 Å². The topological polar surface area (TPSA) is 84.9 Å². The molecule has 0 bridgehead atoms. The number of imide groups is 1. The summed E-state index contributed by atoms with van der Waals surface area (Å²) in [5.41, 5.74) is -0.211. The molecular formula is C21H20F3NO5S. The van der Waals surface area contributed by atoms with E-state index in [1.165, 1.54) is 6.92 Å². The lowest BCUT2D eigenvalue weighted by Gasteiger charge is -2.18. The molecule has 166 valence electrons. The lowest BCUT2D eigenvalue weighted by Crippen LogP contribution is -2.25. The number of benzene rings is 2. The number of amides is 2. The van der Waals surface area contributed by atoms with Gasteiger partial charge < -0.3 is 14.6 Å². The number of alkyl halides is 3. The first-order valence-electron chi connectivity index (χ1n) is 9.42. The summed E-state index contributed by atoms with van der Waals surface area (Å²) in [4.78, 5) is 23.2. The highest BCUT2D eigenvalue weighted by Crippen LogP contribution is 2.38. The maximum atomic E-state index is 13.0. The Kier molecular flexibility index (Phi) is 6.80. The van der Waals surface area contributed by atoms with Crippen LogP contribution in [0.25, 0.3) is 0 Å². The van der Waals surface area contributed by atoms with Crippen LogP contribution in [0.1, 0.15) is 36.6 Å². The number of hydrogen-bond donors (Lipinski definition) is 2. The molecule has 1 aliphatic heterocycles. The van der Waals surface area contributed by atoms with E-state index < -0.39 is 28.3 Å². The van der Waals surface area contributed by atoms with Crippen molar-refractivity contribution in [3.63, 3.8) is 0 Å². The third-order valence-corrected chi connectivity index (χ3v) is 5.51. The summed E-state index contributed by atoms with van der Waals surface area (Å²) in [5.74, 6) is 0.422. The molecule has 6 nitrogen and oxygen atoms in total. The van der Waals surface area contributed by atoms with Gasteiger partial charge in [-0.15, -0.1) is 0 Å². The Hall–Kier alpha value is -2.72. The summed E-state index contributed by atoms with van der Waals surface area (Å²) >= 11 is 0.904. The van der Waals surface area contributed by atoms with E-state index >= 15 is 0 Å². The Morgan fingerprint density at radius 3 is 2.48 bits per heavy atom. The van der Waals surface area contributed by atoms with Gasteiger partial charge in [0.05, 0.1) is 23.5 Å². The van der Waals surface area contributed by atoms with E-state index in [4.69, 9.17) is 9.47 Å². The highest BCUT2D eigenvalue weighted by atomic mass is 32.2. The molecule has 1 saturated heterocycles. The Balaban J connectivity index is 1.87. The molecule has 2 unspecified atom stereocenters. The van der Waals surface area contributed by atoms with Gasteiger partial charge >= 0.3 is 6.18 Å². The minimum Gasteiger partial charge on any atom is -0.493 e. The van der Waals surface area contributed by atoms with Gasteiger partial charge in [0.25, 0.3) is 5.24 Å². The third kappa shape index (κ3) is 5.50. The zero-order valence-electron chi connectivity index (χ0n) is 16.7. The SMILES string of the molecule is CCOc1cc(Oc2ccc(C(F)(F)F)cc2C(C)O)ccc1CC1SC(=O)NC1=O. The van der Waals surface area contributed by atoms with Crippen molar-refractivity contribution in [3.8, 4) is 17.2 Å². The molecule has 0 spiro atoms. The lowest BCUT2D eigenvalue weighted by molar-refractivity contribution is -0.137. The fraction of sp³-hybridized carbons (Fsp3) is 0.333. The van der Waals surface area contributed by atoms with Crippen molar-refractivity contribution < 1.29 is 37.3 Å². The van der Waals surface area contributed by atoms with Gasteiger partial charge in [-0.1, -0.05) is 17.8 Å². The minimum absolute atomic E-state index is 0.00518. The van der Waals surface area contributed by atoms with Gasteiger partial charge in [0.1, 0.15) is 17.2 Å². The molecule has 2 N–H and O–H groups in total. The molecule has 10 heteroatoms. The Labute approximate surface area is 180 Å². The number of aliphatic hydroxyl groups excluding tert-OH is 1. The molecule has 0 radical (unpaired) electrons. The van der Waals surface area contributed by atoms with Crippen LogP contribution >= 0.6 is 11.8 Å². The number of carbonyl (C=O) groups excluding carboxylic acids is 2. The second-order valence-electron chi connectivity index (χ2n) is 6.82. The summed E-state index contributed by atoms with van der Waals surface area (Å²) in [6.45, 7) is 3.46. The van der Waals surface area contributed by atoms with Crippen LogP contribution in [-0.2, 0) is 17.4 Å². The van der Waals surface area contributed by atoms with Crippen molar-refractivity contribution in [1.82, 2.24) is 5.32 Å². The molecule has 2 amide bonds. The highest BCUT2D eigenvalue weighted by Gasteiger charge is 2.33. The van der Waals surface area contributed by atoms with Crippen LogP contribution in [0.5, 0.6) is 17.2 Å². The highest BCUT2D eigenvalue weighted by molar-refractivity contribution is 8.15. The number of thioether (sulfide) groups is 1. The van der Waals surface area contributed by atoms with Gasteiger partial charge in [-0.25, -0.2) is 0 Å². The van der Waals surface area contributed by atoms with E-state index in [-0.39, 0.29) is 29.4 Å². The Bertz CT molecular complexity index is 993. The molecular weight excluding hydrogens is 435 g/mol. The largest absolute Gasteiger partial charge is 0.493 e. The summed E-state index contributed by atoms with van der Waals surface area (Å²) in [6, 6.07) is 7.70. The number of nitrogens with one attached hydrogen (secondary N) is 1. The van der Waals surface area contributed by atoms with Crippen molar-refractivity contribution in [3.05, 3.63) is 53.1 Å². The standard InChI is InChI=1S/C21H20F3NO5S/c1-3-29-17-10-14(6-4-12(17)8-18-19(27)25-20(28)31-18)30-16-7-5-13(21(22,23)24)9-15(16)11(2)26/h4-7,9-11,18,26H,3,8H2,1-2H3,(H,25,27,28). The van der Waals surface area contributed by atoms with E-state index in [9.17, 15) is 27.9 Å². The summed E-state index contributed by atoms with van der Waals surface area (Å²) in [7, 11) is 0. The first-order valence-corrected chi connectivity index (χ1v) is 10.3. The van der Waals surface area contributed by atoms with Crippen LogP contribution in [0.4, 0.5) is 18.0 Å². The molecule has 0 aromatic heterocycles. The summed E-state index contributed by atoms with van der Waals surface area (Å²) in [5, 5.41) is 11.2. The minimum atomic E-state index is -4.54. The Morgan fingerprint density at radius 1 is 1.16 bits per heavy atom. The molecule has 1 aliphatic rings. The molecule has 2 aromatic carbocycles. The normalized spacial score (nSPS) is 17.4. The number of halogens is 3. The smallest absolute Gasteiger partial charge is 0.416 e. The monoisotopic (exact) mass is 455 g/mol. The first kappa shape index (κ1) is 23.0. The van der Waals surface area contributed by atoms with E-state index in [0.717, 1.165) is 30.0 Å². The van der Waals surface area contributed by atoms with E-state index in [2.05, 4.69) is 5.32 Å². The van der Waals surface area contributed by atoms with Gasteiger partial charge in [0.15, 0.2) is 0 Å². The van der Waals surface area contributed by atoms with E-state index in [1.807, 2.05) is 0 Å². The predicted octanol–water partition coefficient (Wildman–Crippen LogP) is 4.84. The second-order valence-corrected chi connectivity index (χ2v) is 7.99. The fourth-order valence-corrected chi connectivity index (χ4v) is 3.90. The average molecular weight is 455 g/mol. The molecule has 2 aromatic rings. The maximum Gasteiger partial charge on any atom is 0.416 e. The van der Waals surface area contributed by atoms with Crippen LogP contribution in [0.2, 0.25) is 0 Å². The number of carbonyl (C=O) groups is 2. The molecule has 1 heterocycles. The number of aliphatic hydroxyl groups is 1. The summed E-state index contributed by atoms with van der Waals surface area (Å²) < 4.78 is 50.4. The first-order chi connectivity index (χ1) is 14.6. The average Bonchev–Trinajstić information content (AvgIpc) is 3.00. The van der Waals surface area contributed by atoms with Gasteiger partial charge in [-0.05, 0) is 50.1 Å². The number of hydrogen-bond acceptors (Lipinski definition) is 6. The molecule has 1 fully saturated rings. The molecule has 2 atom stereocenters. The molecule has 31 heavy (non-hydrogen) atoms. The molecule has 0 aliphatic carbocycles. The van der Waals surface area contributed by atoms with E-state index in [1.54, 1.807) is 25.1 Å². The van der Waals surface area contributed by atoms with Crippen LogP contribution in [0, 0.1) is 0 Å². The third-order valence-electron chi connectivity index (χ3n) is 4.53. The van der Waals surface area contributed by atoms with Crippen molar-refractivity contribution in [1.29, 1.82) is 0 Å². The van der Waals surface area contributed by atoms with Crippen molar-refractivity contribution in [2.75, 3.05) is 6.61 Å². The van der Waals surface area contributed by atoms with Crippen molar-refractivity contribution >= 4 is 22.9 Å². The Morgan fingerprint density at radius 2 is 1.90 bits per heavy atom. The molecule has 0 saturated carbocycles. The molecule has 3 rings (SSSR count). The van der Waals surface area contributed by atoms with Crippen molar-refractivity contribution in [2.45, 2.75) is 37.8 Å². The zero-order valence-corrected chi connectivity index (χ0v) is 17.5. The number of ether oxygens (including phenoxy) is 2. The van der Waals surface area contributed by atoms with Gasteiger partial charge in [-0.3, -0.25) is 14.9 Å². The predicted molar refractivity (Wildman–Crippen MR) is 108 cm³/mol. The van der Waals surface area contributed by atoms with Crippen LogP contribution in [0.15, 0.2) is 36.4 Å². The van der Waals surface area contributed by atoms with Crippen LogP contribution in [-0.4, -0.2) is 28.1 Å².